The quantitative estimate of drug-likeness (QED) is 0.284. The second-order valence-corrected chi connectivity index (χ2v) is 7.65. The average molecular weight is 431 g/mol. The van der Waals surface area contributed by atoms with Crippen LogP contribution < -0.4 is 0 Å². The van der Waals surface area contributed by atoms with E-state index in [0.29, 0.717) is 30.1 Å². The molecule has 4 N–H and O–H groups in total. The first kappa shape index (κ1) is 24.8. The molecule has 0 saturated heterocycles. The molecule has 3 atom stereocenters. The predicted molar refractivity (Wildman–Crippen MR) is 120 cm³/mol. The zero-order valence-electron chi connectivity index (χ0n) is 18.3. The number of aliphatic hydroxyl groups is 3. The molecule has 0 aliphatic carbocycles. The van der Waals surface area contributed by atoms with Gasteiger partial charge >= 0.3 is 5.97 Å². The van der Waals surface area contributed by atoms with Crippen LogP contribution in [0.1, 0.15) is 69.4 Å². The van der Waals surface area contributed by atoms with Gasteiger partial charge in [-0.2, -0.15) is 0 Å². The Labute approximate surface area is 183 Å². The number of carbonyl (C=O) groups is 1. The van der Waals surface area contributed by atoms with Gasteiger partial charge in [-0.05, 0) is 25.3 Å². The number of aromatic nitrogens is 2. The predicted octanol–water partition coefficient (Wildman–Crippen LogP) is 3.77. The number of carbonyl (C=O) groups excluding carboxylic acids is 1. The number of ether oxygens (including phenoxy) is 1. The summed E-state index contributed by atoms with van der Waals surface area (Å²) in [4.78, 5) is 19.0. The van der Waals surface area contributed by atoms with Crippen molar-refractivity contribution in [3.05, 3.63) is 47.8 Å². The van der Waals surface area contributed by atoms with Crippen molar-refractivity contribution in [1.82, 2.24) is 9.97 Å². The minimum absolute atomic E-state index is 0.194. The van der Waals surface area contributed by atoms with Crippen molar-refractivity contribution in [3.63, 3.8) is 0 Å². The fourth-order valence-corrected chi connectivity index (χ4v) is 3.29. The van der Waals surface area contributed by atoms with Gasteiger partial charge in [0.05, 0.1) is 36.8 Å². The van der Waals surface area contributed by atoms with E-state index in [9.17, 15) is 20.1 Å². The first-order chi connectivity index (χ1) is 15.0. The molecule has 1 heterocycles. The molecular formula is C24H34N2O5. The number of unbranched alkanes of at least 4 members (excludes halogenated alkanes) is 2. The number of nitrogens with zero attached hydrogens (tertiary/aromatic N) is 1. The summed E-state index contributed by atoms with van der Waals surface area (Å²) >= 11 is 0. The second-order valence-electron chi connectivity index (χ2n) is 7.65. The Morgan fingerprint density at radius 3 is 2.55 bits per heavy atom. The highest BCUT2D eigenvalue weighted by atomic mass is 16.5. The lowest BCUT2D eigenvalue weighted by molar-refractivity contribution is -0.140. The van der Waals surface area contributed by atoms with Gasteiger partial charge in [-0.15, -0.1) is 0 Å². The molecule has 0 fully saturated rings. The van der Waals surface area contributed by atoms with Gasteiger partial charge in [0.1, 0.15) is 5.82 Å². The maximum Gasteiger partial charge on any atom is 0.305 e. The Kier molecular flexibility index (Phi) is 10.4. The molecular weight excluding hydrogens is 396 g/mol. The van der Waals surface area contributed by atoms with Gasteiger partial charge in [0, 0.05) is 12.0 Å². The Bertz CT molecular complexity index is 819. The van der Waals surface area contributed by atoms with E-state index < -0.39 is 18.3 Å². The van der Waals surface area contributed by atoms with Crippen LogP contribution in [0.3, 0.4) is 0 Å². The molecule has 0 amide bonds. The molecule has 170 valence electrons. The number of aromatic amines is 1. The van der Waals surface area contributed by atoms with Crippen LogP contribution >= 0.6 is 0 Å². The van der Waals surface area contributed by atoms with E-state index in [1.807, 2.05) is 30.3 Å². The van der Waals surface area contributed by atoms with Crippen LogP contribution in [0.2, 0.25) is 0 Å². The molecule has 0 saturated carbocycles. The highest BCUT2D eigenvalue weighted by Gasteiger charge is 2.19. The van der Waals surface area contributed by atoms with E-state index in [1.54, 1.807) is 6.08 Å². The number of benzene rings is 1. The number of H-pyrrole nitrogens is 1. The summed E-state index contributed by atoms with van der Waals surface area (Å²) < 4.78 is 4.58. The third-order valence-corrected chi connectivity index (χ3v) is 5.17. The Balaban J connectivity index is 2.12. The van der Waals surface area contributed by atoms with Crippen LogP contribution in [-0.4, -0.2) is 50.6 Å². The minimum atomic E-state index is -1.11. The van der Waals surface area contributed by atoms with Gasteiger partial charge in [-0.25, -0.2) is 4.98 Å². The second kappa shape index (κ2) is 13.0. The van der Waals surface area contributed by atoms with Crippen molar-refractivity contribution in [1.29, 1.82) is 0 Å². The van der Waals surface area contributed by atoms with Crippen molar-refractivity contribution >= 4 is 12.0 Å². The molecule has 0 radical (unpaired) electrons. The maximum atomic E-state index is 11.2. The molecule has 2 rings (SSSR count). The highest BCUT2D eigenvalue weighted by molar-refractivity contribution is 5.69. The monoisotopic (exact) mass is 430 g/mol. The molecule has 1 aromatic carbocycles. The zero-order valence-corrected chi connectivity index (χ0v) is 18.3. The average Bonchev–Trinajstić information content (AvgIpc) is 3.22. The highest BCUT2D eigenvalue weighted by Crippen LogP contribution is 2.26. The van der Waals surface area contributed by atoms with Gasteiger partial charge in [0.15, 0.2) is 0 Å². The van der Waals surface area contributed by atoms with E-state index in [1.165, 1.54) is 13.2 Å². The number of imidazole rings is 1. The van der Waals surface area contributed by atoms with Crippen molar-refractivity contribution in [2.24, 2.45) is 0 Å². The third kappa shape index (κ3) is 7.94. The van der Waals surface area contributed by atoms with E-state index >= 15 is 0 Å². The first-order valence-electron chi connectivity index (χ1n) is 10.9. The lowest BCUT2D eigenvalue weighted by Gasteiger charge is -2.14. The maximum absolute atomic E-state index is 11.2. The summed E-state index contributed by atoms with van der Waals surface area (Å²) in [5, 5.41) is 31.1. The summed E-state index contributed by atoms with van der Waals surface area (Å²) in [5.41, 5.74) is 2.02. The lowest BCUT2D eigenvalue weighted by atomic mass is 10.0. The van der Waals surface area contributed by atoms with E-state index in [-0.39, 0.29) is 18.8 Å². The molecule has 0 bridgehead atoms. The number of methoxy groups -OCH3 is 1. The molecule has 0 aliphatic heterocycles. The van der Waals surface area contributed by atoms with Crippen LogP contribution in [0.4, 0.5) is 0 Å². The third-order valence-electron chi connectivity index (χ3n) is 5.17. The molecule has 7 nitrogen and oxygen atoms in total. The molecule has 1 aromatic heterocycles. The smallest absolute Gasteiger partial charge is 0.305 e. The first-order valence-corrected chi connectivity index (χ1v) is 10.9. The Morgan fingerprint density at radius 1 is 1.13 bits per heavy atom. The van der Waals surface area contributed by atoms with Gasteiger partial charge in [0.2, 0.25) is 0 Å². The number of nitrogens with one attached hydrogen (secondary N) is 1. The molecule has 2 aromatic rings. The van der Waals surface area contributed by atoms with Crippen molar-refractivity contribution in [3.8, 4) is 11.4 Å². The molecule has 0 spiro atoms. The minimum Gasteiger partial charge on any atom is -0.469 e. The van der Waals surface area contributed by atoms with Crippen LogP contribution in [0.5, 0.6) is 0 Å². The van der Waals surface area contributed by atoms with Crippen molar-refractivity contribution in [2.45, 2.75) is 70.2 Å². The summed E-state index contributed by atoms with van der Waals surface area (Å²) in [6, 6.07) is 9.61. The van der Waals surface area contributed by atoms with Gasteiger partial charge in [-0.3, -0.25) is 4.79 Å². The van der Waals surface area contributed by atoms with Gasteiger partial charge < -0.3 is 25.0 Å². The van der Waals surface area contributed by atoms with Crippen LogP contribution in [0, 0.1) is 0 Å². The van der Waals surface area contributed by atoms with E-state index in [2.05, 4.69) is 21.6 Å². The van der Waals surface area contributed by atoms with Gasteiger partial charge in [0.25, 0.3) is 0 Å². The number of rotatable bonds is 13. The standard InChI is InChI=1S/C24H34N2O5/c1-3-4-6-12-21(29)23-18(25-24(26-23)17-10-7-5-8-11-17)15-16-20(28)19(27)13-9-14-22(30)31-2/h5,7-8,10-11,15-16,19-21,27-29H,3-4,6,9,12-14H2,1-2H3,(H,25,26)/b16-15+/t19-,20+,21-/m0/s1. The summed E-state index contributed by atoms with van der Waals surface area (Å²) in [7, 11) is 1.32. The normalized spacial score (nSPS) is 14.5. The van der Waals surface area contributed by atoms with Crippen molar-refractivity contribution < 1.29 is 24.9 Å². The van der Waals surface area contributed by atoms with Crippen molar-refractivity contribution in [2.75, 3.05) is 7.11 Å². The Hall–Kier alpha value is -2.48. The SMILES string of the molecule is CCCCC[C@H](O)c1nc(-c2ccccc2)[nH]c1/C=C/[C@@H](O)[C@@H](O)CCCC(=O)OC. The van der Waals surface area contributed by atoms with Crippen LogP contribution in [-0.2, 0) is 9.53 Å². The summed E-state index contributed by atoms with van der Waals surface area (Å²) in [6.07, 6.45) is 4.78. The molecule has 0 unspecified atom stereocenters. The number of esters is 1. The lowest BCUT2D eigenvalue weighted by Crippen LogP contribution is -2.23. The van der Waals surface area contributed by atoms with E-state index in [4.69, 9.17) is 0 Å². The summed E-state index contributed by atoms with van der Waals surface area (Å²) in [5.74, 6) is 0.294. The number of hydrogen-bond acceptors (Lipinski definition) is 6. The molecule has 0 aliphatic rings. The molecule has 31 heavy (non-hydrogen) atoms. The van der Waals surface area contributed by atoms with Crippen LogP contribution in [0.25, 0.3) is 17.5 Å². The number of aliphatic hydroxyl groups excluding tert-OH is 3. The zero-order chi connectivity index (χ0) is 22.6. The van der Waals surface area contributed by atoms with Crippen LogP contribution in [0.15, 0.2) is 36.4 Å². The summed E-state index contributed by atoms with van der Waals surface area (Å²) in [6.45, 7) is 2.11. The fourth-order valence-electron chi connectivity index (χ4n) is 3.29. The fraction of sp³-hybridized carbons (Fsp3) is 0.500. The molecule has 7 heteroatoms. The topological polar surface area (TPSA) is 116 Å². The largest absolute Gasteiger partial charge is 0.469 e. The number of hydrogen-bond donors (Lipinski definition) is 4. The Morgan fingerprint density at radius 2 is 1.87 bits per heavy atom. The van der Waals surface area contributed by atoms with Gasteiger partial charge in [-0.1, -0.05) is 62.6 Å². The van der Waals surface area contributed by atoms with E-state index in [0.717, 1.165) is 24.8 Å².